The van der Waals surface area contributed by atoms with Crippen molar-refractivity contribution >= 4 is 23.4 Å². The van der Waals surface area contributed by atoms with Crippen LogP contribution < -0.4 is 0 Å². The van der Waals surface area contributed by atoms with Crippen LogP contribution in [0.4, 0.5) is 0 Å². The summed E-state index contributed by atoms with van der Waals surface area (Å²) in [7, 11) is 0. The molecule has 0 aliphatic rings. The van der Waals surface area contributed by atoms with Gasteiger partial charge in [-0.05, 0) is 12.1 Å². The molecule has 0 saturated carbocycles. The van der Waals surface area contributed by atoms with Crippen molar-refractivity contribution in [2.24, 2.45) is 0 Å². The number of aromatic nitrogens is 3. The standard InChI is InChI=1S/C15H10ClN3S/c16-13-10-14(20-12-6-8-17-9-7-12)19-15(18-13)11-4-2-1-3-5-11/h1-10H. The van der Waals surface area contributed by atoms with Gasteiger partial charge in [0.15, 0.2) is 5.82 Å². The number of benzene rings is 1. The maximum Gasteiger partial charge on any atom is 0.162 e. The highest BCUT2D eigenvalue weighted by molar-refractivity contribution is 7.99. The van der Waals surface area contributed by atoms with Crippen LogP contribution in [0.1, 0.15) is 0 Å². The third kappa shape index (κ3) is 3.15. The maximum absolute atomic E-state index is 6.09. The molecule has 2 heterocycles. The monoisotopic (exact) mass is 299 g/mol. The van der Waals surface area contributed by atoms with Crippen molar-refractivity contribution in [3.8, 4) is 11.4 Å². The van der Waals surface area contributed by atoms with Gasteiger partial charge >= 0.3 is 0 Å². The van der Waals surface area contributed by atoms with E-state index >= 15 is 0 Å². The lowest BCUT2D eigenvalue weighted by Crippen LogP contribution is -1.91. The van der Waals surface area contributed by atoms with Gasteiger partial charge in [0, 0.05) is 28.9 Å². The minimum Gasteiger partial charge on any atom is -0.265 e. The van der Waals surface area contributed by atoms with Crippen LogP contribution in [0.3, 0.4) is 0 Å². The molecule has 0 radical (unpaired) electrons. The summed E-state index contributed by atoms with van der Waals surface area (Å²) < 4.78 is 0. The molecule has 0 amide bonds. The third-order valence-electron chi connectivity index (χ3n) is 2.58. The quantitative estimate of drug-likeness (QED) is 0.674. The molecule has 0 aliphatic heterocycles. The number of nitrogens with zero attached hydrogens (tertiary/aromatic N) is 3. The van der Waals surface area contributed by atoms with Gasteiger partial charge in [-0.2, -0.15) is 0 Å². The first-order chi connectivity index (χ1) is 9.81. The Balaban J connectivity index is 1.95. The molecule has 0 fully saturated rings. The summed E-state index contributed by atoms with van der Waals surface area (Å²) >= 11 is 7.62. The summed E-state index contributed by atoms with van der Waals surface area (Å²) in [5.74, 6) is 0.634. The van der Waals surface area contributed by atoms with Crippen molar-refractivity contribution < 1.29 is 0 Å². The average molecular weight is 300 g/mol. The van der Waals surface area contributed by atoms with Gasteiger partial charge in [0.25, 0.3) is 0 Å². The topological polar surface area (TPSA) is 38.7 Å². The summed E-state index contributed by atoms with van der Waals surface area (Å²) in [6.45, 7) is 0. The highest BCUT2D eigenvalue weighted by Crippen LogP contribution is 2.28. The van der Waals surface area contributed by atoms with E-state index in [2.05, 4.69) is 15.0 Å². The molecule has 3 nitrogen and oxygen atoms in total. The second-order valence-electron chi connectivity index (χ2n) is 4.00. The van der Waals surface area contributed by atoms with Gasteiger partial charge in [-0.3, -0.25) is 4.98 Å². The molecule has 0 N–H and O–H groups in total. The lowest BCUT2D eigenvalue weighted by atomic mass is 10.2. The number of halogens is 1. The second-order valence-corrected chi connectivity index (χ2v) is 5.48. The first-order valence-corrected chi connectivity index (χ1v) is 7.18. The third-order valence-corrected chi connectivity index (χ3v) is 3.70. The molecule has 3 aromatic rings. The summed E-state index contributed by atoms with van der Waals surface area (Å²) in [5.41, 5.74) is 0.951. The van der Waals surface area contributed by atoms with E-state index < -0.39 is 0 Å². The number of rotatable bonds is 3. The molecule has 0 saturated heterocycles. The van der Waals surface area contributed by atoms with Crippen LogP contribution in [0.25, 0.3) is 11.4 Å². The van der Waals surface area contributed by atoms with Crippen LogP contribution in [0.5, 0.6) is 0 Å². The van der Waals surface area contributed by atoms with Gasteiger partial charge < -0.3 is 0 Å². The molecule has 1 aromatic carbocycles. The van der Waals surface area contributed by atoms with Gasteiger partial charge in [-0.15, -0.1) is 0 Å². The van der Waals surface area contributed by atoms with E-state index in [1.165, 1.54) is 11.8 Å². The second kappa shape index (κ2) is 6.03. The van der Waals surface area contributed by atoms with Crippen LogP contribution >= 0.6 is 23.4 Å². The van der Waals surface area contributed by atoms with Crippen LogP contribution in [-0.4, -0.2) is 15.0 Å². The Morgan fingerprint density at radius 2 is 1.65 bits per heavy atom. The zero-order chi connectivity index (χ0) is 13.8. The fourth-order valence-electron chi connectivity index (χ4n) is 1.69. The number of hydrogen-bond donors (Lipinski definition) is 0. The fourth-order valence-corrected chi connectivity index (χ4v) is 2.74. The number of pyridine rings is 1. The predicted molar refractivity (Wildman–Crippen MR) is 80.8 cm³/mol. The summed E-state index contributed by atoms with van der Waals surface area (Å²) in [4.78, 5) is 13.9. The fraction of sp³-hybridized carbons (Fsp3) is 0. The molecule has 3 rings (SSSR count). The molecular formula is C15H10ClN3S. The zero-order valence-electron chi connectivity index (χ0n) is 10.4. The molecule has 2 aromatic heterocycles. The molecule has 0 bridgehead atoms. The van der Waals surface area contributed by atoms with Gasteiger partial charge in [-0.1, -0.05) is 53.7 Å². The minimum atomic E-state index is 0.440. The zero-order valence-corrected chi connectivity index (χ0v) is 12.0. The van der Waals surface area contributed by atoms with Gasteiger partial charge in [0.1, 0.15) is 10.2 Å². The van der Waals surface area contributed by atoms with Gasteiger partial charge in [-0.25, -0.2) is 9.97 Å². The van der Waals surface area contributed by atoms with Crippen LogP contribution in [0.15, 0.2) is 70.8 Å². The Morgan fingerprint density at radius 3 is 2.40 bits per heavy atom. The van der Waals surface area contributed by atoms with Crippen molar-refractivity contribution in [1.82, 2.24) is 15.0 Å². The Bertz CT molecular complexity index is 705. The van der Waals surface area contributed by atoms with Crippen molar-refractivity contribution in [3.63, 3.8) is 0 Å². The van der Waals surface area contributed by atoms with Crippen molar-refractivity contribution in [3.05, 3.63) is 66.1 Å². The number of hydrogen-bond acceptors (Lipinski definition) is 4. The average Bonchev–Trinajstić information content (AvgIpc) is 2.49. The SMILES string of the molecule is Clc1cc(Sc2ccncc2)nc(-c2ccccc2)n1. The molecule has 5 heteroatoms. The van der Waals surface area contributed by atoms with E-state index in [4.69, 9.17) is 11.6 Å². The Hall–Kier alpha value is -1.91. The minimum absolute atomic E-state index is 0.440. The lowest BCUT2D eigenvalue weighted by molar-refractivity contribution is 1.06. The summed E-state index contributed by atoms with van der Waals surface area (Å²) in [6, 6.07) is 15.4. The predicted octanol–water partition coefficient (Wildman–Crippen LogP) is 4.34. The Kier molecular flexibility index (Phi) is 3.95. The van der Waals surface area contributed by atoms with E-state index in [-0.39, 0.29) is 0 Å². The molecule has 0 spiro atoms. The lowest BCUT2D eigenvalue weighted by Gasteiger charge is -2.05. The van der Waals surface area contributed by atoms with Crippen LogP contribution in [-0.2, 0) is 0 Å². The summed E-state index contributed by atoms with van der Waals surface area (Å²) in [6.07, 6.45) is 3.51. The van der Waals surface area contributed by atoms with Crippen molar-refractivity contribution in [2.45, 2.75) is 9.92 Å². The molecule has 0 atom stereocenters. The molecule has 20 heavy (non-hydrogen) atoms. The van der Waals surface area contributed by atoms with Crippen molar-refractivity contribution in [2.75, 3.05) is 0 Å². The Labute approximate surface area is 126 Å². The highest BCUT2D eigenvalue weighted by atomic mass is 35.5. The van der Waals surface area contributed by atoms with E-state index in [1.54, 1.807) is 18.5 Å². The normalized spacial score (nSPS) is 10.4. The molecule has 98 valence electrons. The molecule has 0 unspecified atom stereocenters. The molecular weight excluding hydrogens is 290 g/mol. The maximum atomic E-state index is 6.09. The van der Waals surface area contributed by atoms with Crippen LogP contribution in [0.2, 0.25) is 5.15 Å². The molecule has 0 aliphatic carbocycles. The highest BCUT2D eigenvalue weighted by Gasteiger charge is 2.07. The Morgan fingerprint density at radius 1 is 0.900 bits per heavy atom. The van der Waals surface area contributed by atoms with Gasteiger partial charge in [0.2, 0.25) is 0 Å². The van der Waals surface area contributed by atoms with E-state index in [9.17, 15) is 0 Å². The van der Waals surface area contributed by atoms with E-state index in [0.717, 1.165) is 15.5 Å². The first-order valence-electron chi connectivity index (χ1n) is 5.99. The van der Waals surface area contributed by atoms with Crippen molar-refractivity contribution in [1.29, 1.82) is 0 Å². The summed E-state index contributed by atoms with van der Waals surface area (Å²) in [5, 5.41) is 1.26. The van der Waals surface area contributed by atoms with Crippen LogP contribution in [0, 0.1) is 0 Å². The van der Waals surface area contributed by atoms with E-state index in [0.29, 0.717) is 11.0 Å². The smallest absolute Gasteiger partial charge is 0.162 e. The largest absolute Gasteiger partial charge is 0.265 e. The first kappa shape index (κ1) is 13.1. The van der Waals surface area contributed by atoms with E-state index in [1.807, 2.05) is 42.5 Å². The van der Waals surface area contributed by atoms with Gasteiger partial charge in [0.05, 0.1) is 0 Å².